The van der Waals surface area contributed by atoms with Crippen LogP contribution in [0.4, 0.5) is 0 Å². The Morgan fingerprint density at radius 1 is 1.00 bits per heavy atom. The van der Waals surface area contributed by atoms with Gasteiger partial charge < -0.3 is 14.4 Å². The molecule has 0 saturated heterocycles. The van der Waals surface area contributed by atoms with Gasteiger partial charge in [0.05, 0.1) is 14.2 Å². The Morgan fingerprint density at radius 3 is 1.67 bits per heavy atom. The van der Waals surface area contributed by atoms with E-state index in [2.05, 4.69) is 9.47 Å². The second kappa shape index (κ2) is 6.98. The van der Waals surface area contributed by atoms with Gasteiger partial charge in [0.25, 0.3) is 0 Å². The zero-order chi connectivity index (χ0) is 14.3. The van der Waals surface area contributed by atoms with E-state index in [-0.39, 0.29) is 19.0 Å². The number of nitrogens with zero attached hydrogens (tertiary/aromatic N) is 1. The van der Waals surface area contributed by atoms with Gasteiger partial charge in [-0.05, 0) is 6.42 Å². The number of rotatable bonds is 6. The molecule has 0 atom stereocenters. The molecule has 104 valence electrons. The second-order valence-electron chi connectivity index (χ2n) is 4.55. The van der Waals surface area contributed by atoms with Crippen LogP contribution in [-0.2, 0) is 23.9 Å². The third-order valence-electron chi connectivity index (χ3n) is 2.85. The third-order valence-corrected chi connectivity index (χ3v) is 2.85. The van der Waals surface area contributed by atoms with Crippen molar-refractivity contribution in [2.75, 3.05) is 27.3 Å². The quantitative estimate of drug-likeness (QED) is 0.653. The lowest BCUT2D eigenvalue weighted by molar-refractivity contribution is -0.155. The van der Waals surface area contributed by atoms with Crippen molar-refractivity contribution in [1.29, 1.82) is 0 Å². The van der Waals surface area contributed by atoms with Crippen LogP contribution >= 0.6 is 0 Å². The minimum Gasteiger partial charge on any atom is -0.468 e. The SMILES string of the molecule is CCC(C)(C)C(=O)N(CC(=O)OC)CC(=O)OC. The Hall–Kier alpha value is -1.59. The number of carbonyl (C=O) groups excluding carboxylic acids is 3. The molecule has 0 aliphatic rings. The molecule has 18 heavy (non-hydrogen) atoms. The molecule has 6 nitrogen and oxygen atoms in total. The number of hydrogen-bond acceptors (Lipinski definition) is 5. The van der Waals surface area contributed by atoms with Crippen molar-refractivity contribution in [3.63, 3.8) is 0 Å². The summed E-state index contributed by atoms with van der Waals surface area (Å²) in [7, 11) is 2.46. The molecule has 1 amide bonds. The van der Waals surface area contributed by atoms with Gasteiger partial charge in [-0.15, -0.1) is 0 Å². The lowest BCUT2D eigenvalue weighted by Crippen LogP contribution is -2.46. The van der Waals surface area contributed by atoms with Crippen molar-refractivity contribution in [2.45, 2.75) is 27.2 Å². The summed E-state index contributed by atoms with van der Waals surface area (Å²) in [5, 5.41) is 0. The predicted molar refractivity (Wildman–Crippen MR) is 64.7 cm³/mol. The first-order chi connectivity index (χ1) is 8.28. The van der Waals surface area contributed by atoms with E-state index in [0.29, 0.717) is 6.42 Å². The van der Waals surface area contributed by atoms with Crippen molar-refractivity contribution in [1.82, 2.24) is 4.90 Å². The summed E-state index contributed by atoms with van der Waals surface area (Å²) in [5.41, 5.74) is -0.637. The highest BCUT2D eigenvalue weighted by atomic mass is 16.5. The van der Waals surface area contributed by atoms with Gasteiger partial charge in [0, 0.05) is 5.41 Å². The Labute approximate surface area is 107 Å². The fourth-order valence-electron chi connectivity index (χ4n) is 1.22. The number of methoxy groups -OCH3 is 2. The summed E-state index contributed by atoms with van der Waals surface area (Å²) in [6.45, 7) is 4.88. The zero-order valence-corrected chi connectivity index (χ0v) is 11.6. The normalized spacial score (nSPS) is 10.7. The first-order valence-electron chi connectivity index (χ1n) is 5.71. The van der Waals surface area contributed by atoms with E-state index in [9.17, 15) is 14.4 Å². The minimum atomic E-state index is -0.637. The molecule has 0 aliphatic heterocycles. The van der Waals surface area contributed by atoms with Crippen LogP contribution in [0.25, 0.3) is 0 Å². The highest BCUT2D eigenvalue weighted by Crippen LogP contribution is 2.22. The van der Waals surface area contributed by atoms with Crippen LogP contribution in [0.15, 0.2) is 0 Å². The topological polar surface area (TPSA) is 72.9 Å². The van der Waals surface area contributed by atoms with E-state index in [1.165, 1.54) is 14.2 Å². The molecule has 0 aromatic heterocycles. The van der Waals surface area contributed by atoms with E-state index >= 15 is 0 Å². The fraction of sp³-hybridized carbons (Fsp3) is 0.750. The predicted octanol–water partition coefficient (Wildman–Crippen LogP) is 0.597. The Morgan fingerprint density at radius 2 is 1.39 bits per heavy atom. The van der Waals surface area contributed by atoms with Crippen molar-refractivity contribution in [2.24, 2.45) is 5.41 Å². The third kappa shape index (κ3) is 4.73. The maximum Gasteiger partial charge on any atom is 0.325 e. The van der Waals surface area contributed by atoms with Crippen LogP contribution in [0.2, 0.25) is 0 Å². The van der Waals surface area contributed by atoms with Crippen LogP contribution in [0.1, 0.15) is 27.2 Å². The van der Waals surface area contributed by atoms with Crippen LogP contribution in [0.3, 0.4) is 0 Å². The number of carbonyl (C=O) groups is 3. The summed E-state index contributed by atoms with van der Waals surface area (Å²) < 4.78 is 9.01. The van der Waals surface area contributed by atoms with E-state index in [4.69, 9.17) is 0 Å². The van der Waals surface area contributed by atoms with Gasteiger partial charge in [0.2, 0.25) is 5.91 Å². The fourth-order valence-corrected chi connectivity index (χ4v) is 1.22. The summed E-state index contributed by atoms with van der Waals surface area (Å²) in [5.74, 6) is -1.42. The van der Waals surface area contributed by atoms with Crippen LogP contribution in [0.5, 0.6) is 0 Å². The van der Waals surface area contributed by atoms with Gasteiger partial charge >= 0.3 is 11.9 Å². The minimum absolute atomic E-state index is 0.256. The average molecular weight is 259 g/mol. The number of ether oxygens (including phenoxy) is 2. The largest absolute Gasteiger partial charge is 0.468 e. The molecule has 0 aromatic carbocycles. The van der Waals surface area contributed by atoms with Crippen LogP contribution < -0.4 is 0 Å². The van der Waals surface area contributed by atoms with Gasteiger partial charge in [0.15, 0.2) is 0 Å². The Balaban J connectivity index is 4.91. The average Bonchev–Trinajstić information content (AvgIpc) is 2.36. The van der Waals surface area contributed by atoms with Gasteiger partial charge in [-0.1, -0.05) is 20.8 Å². The summed E-state index contributed by atoms with van der Waals surface area (Å²) in [6, 6.07) is 0. The molecule has 0 radical (unpaired) electrons. The molecule has 0 heterocycles. The maximum absolute atomic E-state index is 12.2. The molecule has 0 rings (SSSR count). The van der Waals surface area contributed by atoms with E-state index in [1.807, 2.05) is 6.92 Å². The number of esters is 2. The molecule has 0 saturated carbocycles. The van der Waals surface area contributed by atoms with Crippen molar-refractivity contribution >= 4 is 17.8 Å². The lowest BCUT2D eigenvalue weighted by atomic mass is 9.88. The molecule has 0 unspecified atom stereocenters. The Bertz CT molecular complexity index is 306. The van der Waals surface area contributed by atoms with Gasteiger partial charge in [-0.3, -0.25) is 14.4 Å². The highest BCUT2D eigenvalue weighted by Gasteiger charge is 2.32. The highest BCUT2D eigenvalue weighted by molar-refractivity contribution is 5.88. The molecule has 0 aliphatic carbocycles. The summed E-state index contributed by atoms with van der Waals surface area (Å²) in [4.78, 5) is 35.9. The van der Waals surface area contributed by atoms with E-state index in [0.717, 1.165) is 4.90 Å². The first-order valence-corrected chi connectivity index (χ1v) is 5.71. The van der Waals surface area contributed by atoms with E-state index < -0.39 is 17.4 Å². The second-order valence-corrected chi connectivity index (χ2v) is 4.55. The molecule has 0 fully saturated rings. The summed E-state index contributed by atoms with van der Waals surface area (Å²) in [6.07, 6.45) is 0.602. The summed E-state index contributed by atoms with van der Waals surface area (Å²) >= 11 is 0. The van der Waals surface area contributed by atoms with Crippen molar-refractivity contribution in [3.8, 4) is 0 Å². The van der Waals surface area contributed by atoms with Crippen molar-refractivity contribution in [3.05, 3.63) is 0 Å². The van der Waals surface area contributed by atoms with Crippen molar-refractivity contribution < 1.29 is 23.9 Å². The van der Waals surface area contributed by atoms with Crippen LogP contribution in [0, 0.1) is 5.41 Å². The maximum atomic E-state index is 12.2. The van der Waals surface area contributed by atoms with Gasteiger partial charge in [-0.25, -0.2) is 0 Å². The van der Waals surface area contributed by atoms with Gasteiger partial charge in [-0.2, -0.15) is 0 Å². The standard InChI is InChI=1S/C12H21NO5/c1-6-12(2,3)11(16)13(7-9(14)17-4)8-10(15)18-5/h6-8H2,1-5H3. The van der Waals surface area contributed by atoms with Gasteiger partial charge in [0.1, 0.15) is 13.1 Å². The molecule has 0 aromatic rings. The lowest BCUT2D eigenvalue weighted by Gasteiger charge is -2.29. The molecule has 0 spiro atoms. The zero-order valence-electron chi connectivity index (χ0n) is 11.6. The molecule has 6 heteroatoms. The monoisotopic (exact) mass is 259 g/mol. The molecule has 0 N–H and O–H groups in total. The molecule has 0 bridgehead atoms. The molecular formula is C12H21NO5. The molecular weight excluding hydrogens is 238 g/mol. The number of hydrogen-bond donors (Lipinski definition) is 0. The number of amides is 1. The Kier molecular flexibility index (Phi) is 6.36. The smallest absolute Gasteiger partial charge is 0.325 e. The van der Waals surface area contributed by atoms with E-state index in [1.54, 1.807) is 13.8 Å². The first kappa shape index (κ1) is 16.4. The van der Waals surface area contributed by atoms with Crippen LogP contribution in [-0.4, -0.2) is 50.1 Å².